The molecule has 4 heterocycles. The second-order valence-corrected chi connectivity index (χ2v) is 13.7. The minimum absolute atomic E-state index is 0.0331. The number of aromatic nitrogens is 5. The molecule has 12 nitrogen and oxygen atoms in total. The Labute approximate surface area is 253 Å². The Balaban J connectivity index is 1.37. The highest BCUT2D eigenvalue weighted by atomic mass is 35.5. The lowest BCUT2D eigenvalue weighted by atomic mass is 10.0. The van der Waals surface area contributed by atoms with Crippen molar-refractivity contribution in [1.82, 2.24) is 29.2 Å². The smallest absolute Gasteiger partial charge is 0.285 e. The number of benzene rings is 1. The van der Waals surface area contributed by atoms with E-state index in [9.17, 15) is 18.0 Å². The third kappa shape index (κ3) is 5.31. The number of nitrogens with zero attached hydrogens (tertiary/aromatic N) is 6. The summed E-state index contributed by atoms with van der Waals surface area (Å²) in [6, 6.07) is 6.37. The molecule has 2 aliphatic rings. The number of carbonyl (C=O) groups is 1. The summed E-state index contributed by atoms with van der Waals surface area (Å²) in [7, 11) is -2.09. The van der Waals surface area contributed by atoms with Crippen LogP contribution in [0.15, 0.2) is 41.5 Å². The fourth-order valence-electron chi connectivity index (χ4n) is 6.09. The Morgan fingerprint density at radius 2 is 1.93 bits per heavy atom. The highest BCUT2D eigenvalue weighted by Gasteiger charge is 2.62. The molecule has 6 rings (SSSR count). The van der Waals surface area contributed by atoms with Gasteiger partial charge in [0.25, 0.3) is 11.5 Å². The second kappa shape index (κ2) is 10.3. The van der Waals surface area contributed by atoms with Crippen molar-refractivity contribution in [2.45, 2.75) is 38.6 Å². The maximum atomic E-state index is 13.7. The third-order valence-corrected chi connectivity index (χ3v) is 9.01. The van der Waals surface area contributed by atoms with Crippen LogP contribution in [0.2, 0.25) is 5.15 Å². The van der Waals surface area contributed by atoms with Gasteiger partial charge in [-0.3, -0.25) is 24.1 Å². The number of pyridine rings is 1. The van der Waals surface area contributed by atoms with Gasteiger partial charge in [-0.25, -0.2) is 23.1 Å². The number of anilines is 2. The SMILES string of the molecule is Cc1cc([C@@H](C)Nc2ccc(Cl)nc2C(=O)NS(C)(=O)=O)c2nc(N3C[C@H]4C[C@]4(c4cnc(C)cn4)C3)n(C)c(=O)c2c1. The summed E-state index contributed by atoms with van der Waals surface area (Å²) < 4.78 is 27.0. The van der Waals surface area contributed by atoms with E-state index in [1.54, 1.807) is 23.9 Å². The topological polar surface area (TPSA) is 152 Å². The molecular formula is C29H31ClN8O4S. The highest BCUT2D eigenvalue weighted by Crippen LogP contribution is 2.58. The van der Waals surface area contributed by atoms with Crippen LogP contribution >= 0.6 is 11.6 Å². The molecule has 4 aromatic rings. The van der Waals surface area contributed by atoms with E-state index in [4.69, 9.17) is 16.6 Å². The molecule has 1 saturated carbocycles. The lowest BCUT2D eigenvalue weighted by Gasteiger charge is -2.25. The van der Waals surface area contributed by atoms with Crippen molar-refractivity contribution in [3.63, 3.8) is 0 Å². The monoisotopic (exact) mass is 622 g/mol. The summed E-state index contributed by atoms with van der Waals surface area (Å²) in [6.45, 7) is 7.13. The van der Waals surface area contributed by atoms with E-state index < -0.39 is 22.0 Å². The Bertz CT molecular complexity index is 1960. The molecule has 3 atom stereocenters. The van der Waals surface area contributed by atoms with Gasteiger partial charge in [0.2, 0.25) is 16.0 Å². The zero-order valence-electron chi connectivity index (χ0n) is 24.3. The van der Waals surface area contributed by atoms with E-state index in [0.29, 0.717) is 29.3 Å². The van der Waals surface area contributed by atoms with Crippen LogP contribution in [0, 0.1) is 19.8 Å². The molecule has 0 radical (unpaired) electrons. The van der Waals surface area contributed by atoms with Crippen LogP contribution in [0.4, 0.5) is 11.6 Å². The van der Waals surface area contributed by atoms with Crippen LogP contribution in [0.25, 0.3) is 10.9 Å². The predicted molar refractivity (Wildman–Crippen MR) is 164 cm³/mol. The van der Waals surface area contributed by atoms with Crippen LogP contribution in [-0.4, -0.2) is 58.2 Å². The van der Waals surface area contributed by atoms with Gasteiger partial charge in [-0.2, -0.15) is 0 Å². The van der Waals surface area contributed by atoms with E-state index in [1.807, 2.05) is 43.8 Å². The Morgan fingerprint density at radius 1 is 1.16 bits per heavy atom. The molecule has 1 aromatic carbocycles. The van der Waals surface area contributed by atoms with Crippen molar-refractivity contribution in [2.75, 3.05) is 29.6 Å². The average molecular weight is 623 g/mol. The predicted octanol–water partition coefficient (Wildman–Crippen LogP) is 3.03. The van der Waals surface area contributed by atoms with Crippen LogP contribution < -0.4 is 20.5 Å². The number of aryl methyl sites for hydroxylation is 2. The summed E-state index contributed by atoms with van der Waals surface area (Å²) >= 11 is 6.04. The molecule has 0 spiro atoms. The van der Waals surface area contributed by atoms with Gasteiger partial charge in [-0.1, -0.05) is 17.7 Å². The van der Waals surface area contributed by atoms with E-state index in [0.717, 1.165) is 41.7 Å². The summed E-state index contributed by atoms with van der Waals surface area (Å²) in [5.74, 6) is 0.0646. The lowest BCUT2D eigenvalue weighted by Crippen LogP contribution is -2.33. The van der Waals surface area contributed by atoms with Crippen LogP contribution in [0.5, 0.6) is 0 Å². The Morgan fingerprint density at radius 3 is 2.63 bits per heavy atom. The number of piperidine rings is 1. The minimum Gasteiger partial charge on any atom is -0.377 e. The number of hydrogen-bond donors (Lipinski definition) is 2. The maximum Gasteiger partial charge on any atom is 0.285 e. The molecule has 14 heteroatoms. The maximum absolute atomic E-state index is 13.7. The zero-order chi connectivity index (χ0) is 30.8. The highest BCUT2D eigenvalue weighted by molar-refractivity contribution is 7.89. The number of amides is 1. The molecular weight excluding hydrogens is 592 g/mol. The van der Waals surface area contributed by atoms with Gasteiger partial charge in [-0.05, 0) is 56.9 Å². The fourth-order valence-corrected chi connectivity index (χ4v) is 6.67. The molecule has 1 aliphatic heterocycles. The molecule has 1 aliphatic carbocycles. The van der Waals surface area contributed by atoms with Crippen LogP contribution in [0.1, 0.15) is 52.4 Å². The van der Waals surface area contributed by atoms with Crippen molar-refractivity contribution < 1.29 is 13.2 Å². The number of carbonyl (C=O) groups excluding carboxylic acids is 1. The molecule has 2 fully saturated rings. The normalized spacial score (nSPS) is 20.1. The van der Waals surface area contributed by atoms with Gasteiger partial charge < -0.3 is 10.2 Å². The summed E-state index contributed by atoms with van der Waals surface area (Å²) in [4.78, 5) is 46.8. The number of nitrogens with one attached hydrogen (secondary N) is 2. The van der Waals surface area contributed by atoms with Crippen molar-refractivity contribution in [3.8, 4) is 0 Å². The van der Waals surface area contributed by atoms with E-state index in [-0.39, 0.29) is 27.5 Å². The first-order valence-electron chi connectivity index (χ1n) is 13.8. The number of fused-ring (bicyclic) bond motifs is 2. The number of hydrogen-bond acceptors (Lipinski definition) is 10. The third-order valence-electron chi connectivity index (χ3n) is 8.24. The second-order valence-electron chi connectivity index (χ2n) is 11.6. The van der Waals surface area contributed by atoms with Gasteiger partial charge in [0, 0.05) is 43.5 Å². The van der Waals surface area contributed by atoms with Crippen LogP contribution in [-0.2, 0) is 22.5 Å². The van der Waals surface area contributed by atoms with Crippen LogP contribution in [0.3, 0.4) is 0 Å². The van der Waals surface area contributed by atoms with Gasteiger partial charge in [-0.15, -0.1) is 0 Å². The summed E-state index contributed by atoms with van der Waals surface area (Å²) in [5.41, 5.74) is 3.83. The molecule has 43 heavy (non-hydrogen) atoms. The quantitative estimate of drug-likeness (QED) is 0.294. The van der Waals surface area contributed by atoms with Gasteiger partial charge in [0.05, 0.1) is 40.3 Å². The van der Waals surface area contributed by atoms with Gasteiger partial charge >= 0.3 is 0 Å². The van der Waals surface area contributed by atoms with Crippen molar-refractivity contribution >= 4 is 50.1 Å². The first kappa shape index (κ1) is 29.0. The average Bonchev–Trinajstić information content (AvgIpc) is 3.51. The summed E-state index contributed by atoms with van der Waals surface area (Å²) in [5, 5.41) is 3.76. The molecule has 224 valence electrons. The largest absolute Gasteiger partial charge is 0.377 e. The van der Waals surface area contributed by atoms with Gasteiger partial charge in [0.15, 0.2) is 5.69 Å². The number of rotatable bonds is 7. The Hall–Kier alpha value is -4.10. The first-order valence-corrected chi connectivity index (χ1v) is 16.0. The Kier molecular flexibility index (Phi) is 6.92. The molecule has 1 saturated heterocycles. The van der Waals surface area contributed by atoms with E-state index in [2.05, 4.69) is 25.2 Å². The van der Waals surface area contributed by atoms with Crippen molar-refractivity contribution in [1.29, 1.82) is 0 Å². The molecule has 0 bridgehead atoms. The van der Waals surface area contributed by atoms with Crippen molar-refractivity contribution in [3.05, 3.63) is 80.4 Å². The molecule has 0 unspecified atom stereocenters. The minimum atomic E-state index is -3.83. The van der Waals surface area contributed by atoms with Crippen molar-refractivity contribution in [2.24, 2.45) is 13.0 Å². The molecule has 1 amide bonds. The summed E-state index contributed by atoms with van der Waals surface area (Å²) in [6.07, 6.45) is 5.56. The fraction of sp³-hybridized carbons (Fsp3) is 0.379. The lowest BCUT2D eigenvalue weighted by molar-refractivity contribution is 0.0977. The first-order chi connectivity index (χ1) is 20.3. The molecule has 3 aromatic heterocycles. The van der Waals surface area contributed by atoms with E-state index >= 15 is 0 Å². The molecule has 2 N–H and O–H groups in total. The number of halogens is 1. The van der Waals surface area contributed by atoms with E-state index in [1.165, 1.54) is 6.07 Å². The standard InChI is InChI=1S/C29H31ClN8O4S/c1-15-8-19(17(3)33-21-6-7-23(30)34-25(21)26(39)36-43(5,41)42)24-20(9-15)27(40)37(4)28(35-24)38-13-18-10-29(18,14-38)22-12-31-16(2)11-32-22/h6-9,11-12,17-18,33H,10,13-14H2,1-5H3,(H,36,39)/t17-,18-,29+/m1/s1. The van der Waals surface area contributed by atoms with Gasteiger partial charge in [0.1, 0.15) is 5.15 Å². The number of sulfonamides is 1. The zero-order valence-corrected chi connectivity index (χ0v) is 25.9.